The van der Waals surface area contributed by atoms with E-state index >= 15 is 0 Å². The summed E-state index contributed by atoms with van der Waals surface area (Å²) in [5, 5.41) is 6.01. The largest absolute Gasteiger partial charge is 0.355 e. The molecule has 1 aromatic heterocycles. The molecule has 28 heavy (non-hydrogen) atoms. The lowest BCUT2D eigenvalue weighted by atomic mass is 9.91. The number of benzene rings is 1. The Balaban J connectivity index is 0.00000160. The highest BCUT2D eigenvalue weighted by Gasteiger charge is 2.26. The van der Waals surface area contributed by atoms with Gasteiger partial charge in [-0.15, -0.1) is 0 Å². The molecule has 0 bridgehead atoms. The molecule has 6 nitrogen and oxygen atoms in total. The molecular formula is C22H33N5O. The molecule has 0 unspecified atom stereocenters. The highest BCUT2D eigenvalue weighted by atomic mass is 16.1. The van der Waals surface area contributed by atoms with Crippen LogP contribution in [-0.2, 0) is 19.4 Å². The van der Waals surface area contributed by atoms with Crippen molar-refractivity contribution >= 4 is 11.9 Å². The highest BCUT2D eigenvalue weighted by molar-refractivity contribution is 5.93. The van der Waals surface area contributed by atoms with Crippen LogP contribution in [0.5, 0.6) is 0 Å². The summed E-state index contributed by atoms with van der Waals surface area (Å²) in [6.45, 7) is 5.59. The number of nitrogens with zero attached hydrogens (tertiary/aromatic N) is 3. The second-order valence-electron chi connectivity index (χ2n) is 7.73. The first-order chi connectivity index (χ1) is 13.7. The van der Waals surface area contributed by atoms with Crippen LogP contribution in [0.3, 0.4) is 0 Å². The summed E-state index contributed by atoms with van der Waals surface area (Å²) in [6, 6.07) is 7.47. The lowest BCUT2D eigenvalue weighted by molar-refractivity contribution is 0.0950. The zero-order valence-electron chi connectivity index (χ0n) is 16.6. The maximum Gasteiger partial charge on any atom is 0.254 e. The van der Waals surface area contributed by atoms with Crippen molar-refractivity contribution in [2.24, 2.45) is 0 Å². The number of nitrogens with one attached hydrogen (secondary N) is 2. The number of hydrogen-bond donors (Lipinski definition) is 2. The number of anilines is 1. The van der Waals surface area contributed by atoms with E-state index in [2.05, 4.69) is 43.7 Å². The van der Waals surface area contributed by atoms with Crippen molar-refractivity contribution < 1.29 is 7.65 Å². The normalized spacial score (nSPS) is 17.3. The van der Waals surface area contributed by atoms with Gasteiger partial charge in [-0.25, -0.2) is 9.97 Å². The monoisotopic (exact) mass is 383 g/mol. The van der Waals surface area contributed by atoms with Crippen molar-refractivity contribution in [2.45, 2.75) is 51.6 Å². The summed E-state index contributed by atoms with van der Waals surface area (Å²) in [5.41, 5.74) is 4.53. The third kappa shape index (κ3) is 4.33. The van der Waals surface area contributed by atoms with Crippen molar-refractivity contribution in [3.05, 3.63) is 52.8 Å². The van der Waals surface area contributed by atoms with Crippen molar-refractivity contribution in [1.29, 1.82) is 0 Å². The molecule has 0 spiro atoms. The standard InChI is InChI=1S/C22H29N5O.2H2/c1-2-23-22-25-14-19(15-26-22)21(28)24-13-16-6-7-17-8-10-27(20-4-3-5-20)11-9-18(17)12-16;;/h6-7,12,14-15,20H,2-5,8-11,13H2,1H3,(H,24,28)(H,23,25,26);2*1H. The molecule has 2 N–H and O–H groups in total. The van der Waals surface area contributed by atoms with Crippen LogP contribution in [0.1, 0.15) is 56.1 Å². The molecule has 1 fully saturated rings. The summed E-state index contributed by atoms with van der Waals surface area (Å²) in [7, 11) is 0. The van der Waals surface area contributed by atoms with Gasteiger partial charge in [-0.2, -0.15) is 0 Å². The zero-order chi connectivity index (χ0) is 19.3. The minimum Gasteiger partial charge on any atom is -0.355 e. The number of hydrogen-bond acceptors (Lipinski definition) is 5. The predicted octanol–water partition coefficient (Wildman–Crippen LogP) is 3.28. The van der Waals surface area contributed by atoms with Crippen LogP contribution in [0.4, 0.5) is 5.95 Å². The Labute approximate surface area is 169 Å². The van der Waals surface area contributed by atoms with E-state index in [4.69, 9.17) is 0 Å². The Kier molecular flexibility index (Phi) is 5.86. The van der Waals surface area contributed by atoms with Gasteiger partial charge in [0.2, 0.25) is 5.95 Å². The Hall–Kier alpha value is -2.47. The van der Waals surface area contributed by atoms with Crippen molar-refractivity contribution in [1.82, 2.24) is 20.2 Å². The summed E-state index contributed by atoms with van der Waals surface area (Å²) in [6.07, 6.45) is 9.49. The van der Waals surface area contributed by atoms with Crippen LogP contribution in [0.15, 0.2) is 30.6 Å². The Morgan fingerprint density at radius 1 is 1.18 bits per heavy atom. The molecular weight excluding hydrogens is 350 g/mol. The summed E-state index contributed by atoms with van der Waals surface area (Å²) in [5.74, 6) is 0.398. The average molecular weight is 384 g/mol. The Morgan fingerprint density at radius 2 is 1.93 bits per heavy atom. The van der Waals surface area contributed by atoms with E-state index < -0.39 is 0 Å². The predicted molar refractivity (Wildman–Crippen MR) is 115 cm³/mol. The van der Waals surface area contributed by atoms with E-state index in [1.807, 2.05) is 6.92 Å². The minimum atomic E-state index is -0.144. The van der Waals surface area contributed by atoms with E-state index in [-0.39, 0.29) is 8.76 Å². The summed E-state index contributed by atoms with van der Waals surface area (Å²) in [4.78, 5) is 23.4. The van der Waals surface area contributed by atoms with Crippen LogP contribution < -0.4 is 10.6 Å². The average Bonchev–Trinajstić information content (AvgIpc) is 2.88. The van der Waals surface area contributed by atoms with Gasteiger partial charge in [0, 0.05) is 47.5 Å². The molecule has 1 saturated carbocycles. The Morgan fingerprint density at radius 3 is 2.61 bits per heavy atom. The molecule has 6 heteroatoms. The second-order valence-corrected chi connectivity index (χ2v) is 7.73. The fraction of sp³-hybridized carbons (Fsp3) is 0.500. The van der Waals surface area contributed by atoms with E-state index in [1.165, 1.54) is 36.9 Å². The van der Waals surface area contributed by atoms with Gasteiger partial charge < -0.3 is 10.6 Å². The number of amides is 1. The van der Waals surface area contributed by atoms with Gasteiger partial charge in [-0.1, -0.05) is 24.6 Å². The van der Waals surface area contributed by atoms with Crippen LogP contribution in [0.25, 0.3) is 0 Å². The molecule has 2 heterocycles. The van der Waals surface area contributed by atoms with Gasteiger partial charge in [0.15, 0.2) is 0 Å². The number of carbonyl (C=O) groups excluding carboxylic acids is 1. The summed E-state index contributed by atoms with van der Waals surface area (Å²) < 4.78 is 0. The van der Waals surface area contributed by atoms with Crippen molar-refractivity contribution in [3.8, 4) is 0 Å². The second kappa shape index (κ2) is 8.69. The third-order valence-electron chi connectivity index (χ3n) is 5.90. The molecule has 152 valence electrons. The number of carbonyl (C=O) groups is 1. The smallest absolute Gasteiger partial charge is 0.254 e. The zero-order valence-corrected chi connectivity index (χ0v) is 16.6. The molecule has 1 aromatic carbocycles. The first kappa shape index (κ1) is 18.9. The van der Waals surface area contributed by atoms with Crippen LogP contribution in [-0.4, -0.2) is 46.5 Å². The van der Waals surface area contributed by atoms with Gasteiger partial charge in [0.25, 0.3) is 5.91 Å². The molecule has 1 aliphatic carbocycles. The SMILES string of the molecule is CCNc1ncc(C(=O)NCc2ccc3c(c2)CCN(C2CCC2)CC3)cn1.[HH].[HH]. The van der Waals surface area contributed by atoms with Crippen LogP contribution in [0.2, 0.25) is 0 Å². The quantitative estimate of drug-likeness (QED) is 0.801. The Bertz CT molecular complexity index is 827. The number of fused-ring (bicyclic) bond motifs is 1. The van der Waals surface area contributed by atoms with Crippen molar-refractivity contribution in [3.63, 3.8) is 0 Å². The molecule has 2 aliphatic rings. The lowest BCUT2D eigenvalue weighted by Gasteiger charge is -2.36. The first-order valence-corrected chi connectivity index (χ1v) is 10.4. The molecule has 4 rings (SSSR count). The lowest BCUT2D eigenvalue weighted by Crippen LogP contribution is -2.41. The molecule has 1 amide bonds. The highest BCUT2D eigenvalue weighted by Crippen LogP contribution is 2.27. The van der Waals surface area contributed by atoms with E-state index in [0.717, 1.165) is 37.5 Å². The van der Waals surface area contributed by atoms with E-state index in [0.29, 0.717) is 18.1 Å². The van der Waals surface area contributed by atoms with Crippen LogP contribution in [0, 0.1) is 0 Å². The van der Waals surface area contributed by atoms with Gasteiger partial charge in [-0.3, -0.25) is 9.69 Å². The van der Waals surface area contributed by atoms with Gasteiger partial charge in [0.05, 0.1) is 5.56 Å². The van der Waals surface area contributed by atoms with Gasteiger partial charge in [-0.05, 0) is 49.3 Å². The van der Waals surface area contributed by atoms with Crippen molar-refractivity contribution in [2.75, 3.05) is 25.0 Å². The molecule has 0 radical (unpaired) electrons. The maximum atomic E-state index is 12.4. The molecule has 0 atom stereocenters. The van der Waals surface area contributed by atoms with Gasteiger partial charge >= 0.3 is 0 Å². The number of aromatic nitrogens is 2. The molecule has 1 aliphatic heterocycles. The molecule has 2 aromatic rings. The third-order valence-corrected chi connectivity index (χ3v) is 5.90. The van der Waals surface area contributed by atoms with E-state index in [9.17, 15) is 4.79 Å². The fourth-order valence-corrected chi connectivity index (χ4v) is 4.00. The minimum absolute atomic E-state index is 0. The van der Waals surface area contributed by atoms with Gasteiger partial charge in [0.1, 0.15) is 0 Å². The fourth-order valence-electron chi connectivity index (χ4n) is 4.00. The topological polar surface area (TPSA) is 70.2 Å². The number of rotatable bonds is 6. The maximum absolute atomic E-state index is 12.4. The summed E-state index contributed by atoms with van der Waals surface area (Å²) >= 11 is 0. The van der Waals surface area contributed by atoms with Crippen LogP contribution >= 0.6 is 0 Å². The molecule has 0 saturated heterocycles. The first-order valence-electron chi connectivity index (χ1n) is 10.4. The van der Waals surface area contributed by atoms with E-state index in [1.54, 1.807) is 12.4 Å².